The molecule has 4 heteroatoms. The van der Waals surface area contributed by atoms with E-state index in [1.807, 2.05) is 43.2 Å². The Morgan fingerprint density at radius 2 is 2.16 bits per heavy atom. The molecule has 1 atom stereocenters. The molecule has 0 aliphatic heterocycles. The van der Waals surface area contributed by atoms with E-state index in [1.54, 1.807) is 13.0 Å². The molecule has 0 aliphatic rings. The molecule has 19 heavy (non-hydrogen) atoms. The van der Waals surface area contributed by atoms with Crippen LogP contribution in [0.3, 0.4) is 0 Å². The van der Waals surface area contributed by atoms with E-state index in [4.69, 9.17) is 0 Å². The van der Waals surface area contributed by atoms with Gasteiger partial charge in [-0.2, -0.15) is 5.10 Å². The van der Waals surface area contributed by atoms with Gasteiger partial charge in [0.25, 0.3) is 0 Å². The van der Waals surface area contributed by atoms with Crippen molar-refractivity contribution in [1.82, 2.24) is 15.1 Å². The zero-order chi connectivity index (χ0) is 13.8. The van der Waals surface area contributed by atoms with Crippen LogP contribution in [0.1, 0.15) is 29.3 Å². The Balaban J connectivity index is 2.07. The molecule has 1 aromatic heterocycles. The van der Waals surface area contributed by atoms with Crippen molar-refractivity contribution in [3.05, 3.63) is 53.1 Å². The highest BCUT2D eigenvalue weighted by Gasteiger charge is 2.11. The molecular weight excluding hydrogens is 241 g/mol. The lowest BCUT2D eigenvalue weighted by Crippen LogP contribution is -2.18. The van der Waals surface area contributed by atoms with Gasteiger partial charge in [-0.25, -0.2) is 4.39 Å². The number of rotatable bonds is 5. The van der Waals surface area contributed by atoms with Crippen LogP contribution in [0, 0.1) is 12.7 Å². The fourth-order valence-electron chi connectivity index (χ4n) is 2.30. The molecule has 102 valence electrons. The molecule has 0 saturated heterocycles. The number of hydrogen-bond donors (Lipinski definition) is 1. The highest BCUT2D eigenvalue weighted by atomic mass is 19.1. The maximum absolute atomic E-state index is 13.3. The first-order valence-electron chi connectivity index (χ1n) is 6.52. The Morgan fingerprint density at radius 3 is 2.74 bits per heavy atom. The molecule has 1 N–H and O–H groups in total. The molecule has 0 spiro atoms. The van der Waals surface area contributed by atoms with Crippen LogP contribution in [-0.2, 0) is 13.5 Å². The molecule has 0 amide bonds. The summed E-state index contributed by atoms with van der Waals surface area (Å²) in [4.78, 5) is 0. The third kappa shape index (κ3) is 3.20. The van der Waals surface area contributed by atoms with E-state index >= 15 is 0 Å². The minimum absolute atomic E-state index is 0.148. The van der Waals surface area contributed by atoms with Gasteiger partial charge in [-0.1, -0.05) is 12.1 Å². The first-order valence-corrected chi connectivity index (χ1v) is 6.52. The Hall–Kier alpha value is -1.68. The zero-order valence-corrected chi connectivity index (χ0v) is 11.7. The summed E-state index contributed by atoms with van der Waals surface area (Å²) in [6.07, 6.45) is 3.71. The number of benzene rings is 1. The quantitative estimate of drug-likeness (QED) is 0.897. The summed E-state index contributed by atoms with van der Waals surface area (Å²) in [5, 5.41) is 7.46. The number of aryl methyl sites for hydroxylation is 3. The number of nitrogens with one attached hydrogen (secondary N) is 1. The second-order valence-electron chi connectivity index (χ2n) is 4.83. The van der Waals surface area contributed by atoms with Crippen LogP contribution < -0.4 is 5.32 Å². The minimum atomic E-state index is -0.148. The molecule has 0 fully saturated rings. The van der Waals surface area contributed by atoms with E-state index in [0.29, 0.717) is 5.56 Å². The molecule has 1 unspecified atom stereocenters. The zero-order valence-electron chi connectivity index (χ0n) is 11.7. The van der Waals surface area contributed by atoms with Crippen molar-refractivity contribution >= 4 is 0 Å². The van der Waals surface area contributed by atoms with Crippen molar-refractivity contribution in [3.63, 3.8) is 0 Å². The summed E-state index contributed by atoms with van der Waals surface area (Å²) in [7, 11) is 3.89. The van der Waals surface area contributed by atoms with Crippen molar-refractivity contribution in [2.24, 2.45) is 7.05 Å². The predicted octanol–water partition coefficient (Wildman–Crippen LogP) is 2.76. The second kappa shape index (κ2) is 5.97. The monoisotopic (exact) mass is 261 g/mol. The van der Waals surface area contributed by atoms with Gasteiger partial charge in [-0.05, 0) is 50.1 Å². The lowest BCUT2D eigenvalue weighted by molar-refractivity contribution is 0.533. The van der Waals surface area contributed by atoms with Gasteiger partial charge in [0, 0.05) is 25.0 Å². The number of hydrogen-bond acceptors (Lipinski definition) is 2. The minimum Gasteiger partial charge on any atom is -0.313 e. The molecule has 2 rings (SSSR count). The smallest absolute Gasteiger partial charge is 0.126 e. The van der Waals surface area contributed by atoms with E-state index in [0.717, 1.165) is 18.4 Å². The molecule has 0 bridgehead atoms. The Labute approximate surface area is 113 Å². The van der Waals surface area contributed by atoms with Crippen LogP contribution in [-0.4, -0.2) is 16.8 Å². The number of aromatic nitrogens is 2. The van der Waals surface area contributed by atoms with Crippen LogP contribution in [0.5, 0.6) is 0 Å². The maximum atomic E-state index is 13.3. The van der Waals surface area contributed by atoms with Gasteiger partial charge in [0.15, 0.2) is 0 Å². The molecular formula is C15H20FN3. The van der Waals surface area contributed by atoms with Crippen LogP contribution in [0.25, 0.3) is 0 Å². The van der Waals surface area contributed by atoms with E-state index < -0.39 is 0 Å². The molecule has 2 aromatic rings. The van der Waals surface area contributed by atoms with Crippen LogP contribution in [0.2, 0.25) is 0 Å². The van der Waals surface area contributed by atoms with Gasteiger partial charge >= 0.3 is 0 Å². The Kier molecular flexibility index (Phi) is 4.32. The highest BCUT2D eigenvalue weighted by molar-refractivity contribution is 5.26. The highest BCUT2D eigenvalue weighted by Crippen LogP contribution is 2.21. The third-order valence-corrected chi connectivity index (χ3v) is 3.54. The first-order chi connectivity index (χ1) is 9.11. The largest absolute Gasteiger partial charge is 0.313 e. The molecule has 3 nitrogen and oxygen atoms in total. The fraction of sp³-hybridized carbons (Fsp3) is 0.400. The topological polar surface area (TPSA) is 29.9 Å². The van der Waals surface area contributed by atoms with Crippen LogP contribution >= 0.6 is 0 Å². The molecule has 0 aliphatic carbocycles. The van der Waals surface area contributed by atoms with Gasteiger partial charge in [0.1, 0.15) is 5.82 Å². The van der Waals surface area contributed by atoms with Gasteiger partial charge in [-0.3, -0.25) is 4.68 Å². The lowest BCUT2D eigenvalue weighted by Gasteiger charge is -2.17. The van der Waals surface area contributed by atoms with Crippen LogP contribution in [0.4, 0.5) is 4.39 Å². The normalized spacial score (nSPS) is 12.6. The summed E-state index contributed by atoms with van der Waals surface area (Å²) in [5.74, 6) is -0.148. The van der Waals surface area contributed by atoms with E-state index in [-0.39, 0.29) is 11.9 Å². The SMILES string of the molecule is CNC(CCc1ccnn1C)c1ccc(F)c(C)c1. The van der Waals surface area contributed by atoms with Crippen molar-refractivity contribution in [2.75, 3.05) is 7.05 Å². The molecule has 0 radical (unpaired) electrons. The standard InChI is InChI=1S/C15H20FN3/c1-11-10-12(4-6-14(11)16)15(17-2)7-5-13-8-9-18-19(13)3/h4,6,8-10,15,17H,5,7H2,1-3H3. The number of nitrogens with zero attached hydrogens (tertiary/aromatic N) is 2. The van der Waals surface area contributed by atoms with Gasteiger partial charge in [-0.15, -0.1) is 0 Å². The Bertz CT molecular complexity index is 548. The van der Waals surface area contributed by atoms with Crippen molar-refractivity contribution < 1.29 is 4.39 Å². The van der Waals surface area contributed by atoms with E-state index in [2.05, 4.69) is 10.4 Å². The predicted molar refractivity (Wildman–Crippen MR) is 74.5 cm³/mol. The van der Waals surface area contributed by atoms with Crippen molar-refractivity contribution in [2.45, 2.75) is 25.8 Å². The van der Waals surface area contributed by atoms with E-state index in [9.17, 15) is 4.39 Å². The third-order valence-electron chi connectivity index (χ3n) is 3.54. The summed E-state index contributed by atoms with van der Waals surface area (Å²) < 4.78 is 15.2. The summed E-state index contributed by atoms with van der Waals surface area (Å²) >= 11 is 0. The first kappa shape index (κ1) is 13.7. The summed E-state index contributed by atoms with van der Waals surface area (Å²) in [6, 6.07) is 7.57. The van der Waals surface area contributed by atoms with Crippen molar-refractivity contribution in [1.29, 1.82) is 0 Å². The van der Waals surface area contributed by atoms with Crippen LogP contribution in [0.15, 0.2) is 30.5 Å². The van der Waals surface area contributed by atoms with Crippen molar-refractivity contribution in [3.8, 4) is 0 Å². The average Bonchev–Trinajstić information content (AvgIpc) is 2.80. The fourth-order valence-corrected chi connectivity index (χ4v) is 2.30. The molecule has 1 aromatic carbocycles. The van der Waals surface area contributed by atoms with Gasteiger partial charge < -0.3 is 5.32 Å². The summed E-state index contributed by atoms with van der Waals surface area (Å²) in [5.41, 5.74) is 3.03. The molecule has 0 saturated carbocycles. The average molecular weight is 261 g/mol. The van der Waals surface area contributed by atoms with Gasteiger partial charge in [0.05, 0.1) is 0 Å². The van der Waals surface area contributed by atoms with E-state index in [1.165, 1.54) is 5.69 Å². The summed E-state index contributed by atoms with van der Waals surface area (Å²) in [6.45, 7) is 1.80. The Morgan fingerprint density at radius 1 is 1.37 bits per heavy atom. The lowest BCUT2D eigenvalue weighted by atomic mass is 9.99. The molecule has 1 heterocycles. The van der Waals surface area contributed by atoms with Gasteiger partial charge in [0.2, 0.25) is 0 Å². The second-order valence-corrected chi connectivity index (χ2v) is 4.83. The maximum Gasteiger partial charge on any atom is 0.126 e. The number of halogens is 1.